The Kier molecular flexibility index (Phi) is 1.12. The Morgan fingerprint density at radius 1 is 1.62 bits per heavy atom. The van der Waals surface area contributed by atoms with Crippen LogP contribution in [0.25, 0.3) is 0 Å². The minimum Gasteiger partial charge on any atom is -0.355 e. The summed E-state index contributed by atoms with van der Waals surface area (Å²) < 4.78 is 1.19. The first-order chi connectivity index (χ1) is 3.72. The van der Waals surface area contributed by atoms with Crippen molar-refractivity contribution in [3.8, 4) is 0 Å². The van der Waals surface area contributed by atoms with Crippen molar-refractivity contribution in [2.24, 2.45) is 0 Å². The van der Waals surface area contributed by atoms with Gasteiger partial charge in [0.25, 0.3) is 6.34 Å². The molecule has 2 N–H and O–H groups in total. The molecule has 0 aliphatic carbocycles. The van der Waals surface area contributed by atoms with Crippen LogP contribution < -0.4 is 5.32 Å². The summed E-state index contributed by atoms with van der Waals surface area (Å²) in [5.41, 5.74) is 0. The van der Waals surface area contributed by atoms with E-state index >= 15 is 0 Å². The van der Waals surface area contributed by atoms with Crippen LogP contribution in [0, 0.1) is 0 Å². The fraction of sp³-hybridized carbons (Fsp3) is 0.800. The molecule has 0 fully saturated rings. The first-order valence-electron chi connectivity index (χ1n) is 2.78. The number of nitrogens with one attached hydrogen (secondary N) is 1. The predicted molar refractivity (Wildman–Crippen MR) is 30.2 cm³/mol. The van der Waals surface area contributed by atoms with Crippen molar-refractivity contribution in [3.63, 3.8) is 0 Å². The zero-order valence-corrected chi connectivity index (χ0v) is 5.13. The molecule has 0 spiro atoms. The fourth-order valence-corrected chi connectivity index (χ4v) is 0.680. The molecule has 3 nitrogen and oxygen atoms in total. The zero-order valence-electron chi connectivity index (χ0n) is 5.13. The first-order valence-corrected chi connectivity index (χ1v) is 2.78. The maximum atomic E-state index is 8.88. The van der Waals surface area contributed by atoms with Crippen molar-refractivity contribution >= 4 is 6.34 Å². The monoisotopic (exact) mass is 115 g/mol. The molecule has 0 saturated carbocycles. The molecule has 0 aromatic carbocycles. The maximum Gasteiger partial charge on any atom is 0.272 e. The highest BCUT2D eigenvalue weighted by Gasteiger charge is 2.26. The van der Waals surface area contributed by atoms with Gasteiger partial charge >= 0.3 is 0 Å². The third-order valence-electron chi connectivity index (χ3n) is 1.61. The summed E-state index contributed by atoms with van der Waals surface area (Å²) >= 11 is 0. The van der Waals surface area contributed by atoms with Gasteiger partial charge in [0.05, 0.1) is 0 Å². The molecule has 0 radical (unpaired) electrons. The second-order valence-corrected chi connectivity index (χ2v) is 2.21. The maximum absolute atomic E-state index is 8.88. The van der Waals surface area contributed by atoms with Crippen LogP contribution in [-0.2, 0) is 0 Å². The lowest BCUT2D eigenvalue weighted by molar-refractivity contribution is -0.789. The van der Waals surface area contributed by atoms with Gasteiger partial charge in [0, 0.05) is 0 Å². The average molecular weight is 115 g/mol. The summed E-state index contributed by atoms with van der Waals surface area (Å²) in [6, 6.07) is 0.565. The second-order valence-electron chi connectivity index (χ2n) is 2.21. The Labute approximate surface area is 48.6 Å². The van der Waals surface area contributed by atoms with E-state index in [2.05, 4.69) is 5.32 Å². The minimum absolute atomic E-state index is 0.204. The van der Waals surface area contributed by atoms with E-state index in [-0.39, 0.29) is 6.04 Å². The molecule has 1 aliphatic heterocycles. The van der Waals surface area contributed by atoms with Crippen LogP contribution in [0.4, 0.5) is 0 Å². The van der Waals surface area contributed by atoms with Gasteiger partial charge in [0.15, 0.2) is 6.04 Å². The van der Waals surface area contributed by atoms with Crippen molar-refractivity contribution in [1.29, 1.82) is 0 Å². The van der Waals surface area contributed by atoms with Crippen LogP contribution in [-0.4, -0.2) is 28.4 Å². The fourth-order valence-electron chi connectivity index (χ4n) is 0.680. The summed E-state index contributed by atoms with van der Waals surface area (Å²) in [4.78, 5) is 0. The summed E-state index contributed by atoms with van der Waals surface area (Å²) in [5, 5.41) is 11.9. The molecule has 3 heteroatoms. The molecule has 2 unspecified atom stereocenters. The highest BCUT2D eigenvalue weighted by Crippen LogP contribution is 1.98. The van der Waals surface area contributed by atoms with Gasteiger partial charge in [-0.3, -0.25) is 5.32 Å². The smallest absolute Gasteiger partial charge is 0.272 e. The standard InChI is InChI=1S/C5H10N2O/c1-4-5(2)7(8)3-6-4/h3-5,8H,1-2H3/p+1. The molecule has 8 heavy (non-hydrogen) atoms. The molecular formula is C5H11N2O+. The van der Waals surface area contributed by atoms with E-state index < -0.39 is 0 Å². The molecule has 0 bridgehead atoms. The summed E-state index contributed by atoms with van der Waals surface area (Å²) in [5.74, 6) is 0. The Morgan fingerprint density at radius 2 is 2.25 bits per heavy atom. The highest BCUT2D eigenvalue weighted by atomic mass is 16.5. The topological polar surface area (TPSA) is 35.3 Å². The van der Waals surface area contributed by atoms with Crippen molar-refractivity contribution in [1.82, 2.24) is 5.32 Å². The van der Waals surface area contributed by atoms with Crippen LogP contribution in [0.5, 0.6) is 0 Å². The van der Waals surface area contributed by atoms with E-state index in [1.165, 1.54) is 4.74 Å². The first kappa shape index (κ1) is 5.41. The molecular weight excluding hydrogens is 104 g/mol. The van der Waals surface area contributed by atoms with Crippen molar-refractivity contribution in [2.75, 3.05) is 0 Å². The third kappa shape index (κ3) is 0.638. The van der Waals surface area contributed by atoms with Gasteiger partial charge in [0.1, 0.15) is 6.04 Å². The number of nitrogens with zero attached hydrogens (tertiary/aromatic N) is 1. The van der Waals surface area contributed by atoms with E-state index in [1.54, 1.807) is 6.34 Å². The van der Waals surface area contributed by atoms with E-state index in [0.29, 0.717) is 6.04 Å². The van der Waals surface area contributed by atoms with Crippen molar-refractivity contribution in [3.05, 3.63) is 0 Å². The zero-order chi connectivity index (χ0) is 6.15. The van der Waals surface area contributed by atoms with E-state index in [1.807, 2.05) is 13.8 Å². The molecule has 0 saturated heterocycles. The summed E-state index contributed by atoms with van der Waals surface area (Å²) in [6.45, 7) is 3.98. The quantitative estimate of drug-likeness (QED) is 0.338. The molecule has 0 aromatic rings. The molecule has 1 rings (SSSR count). The number of hydroxylamine groups is 1. The largest absolute Gasteiger partial charge is 0.355 e. The molecule has 46 valence electrons. The number of rotatable bonds is 0. The van der Waals surface area contributed by atoms with E-state index in [0.717, 1.165) is 0 Å². The van der Waals surface area contributed by atoms with Crippen LogP contribution in [0.2, 0.25) is 0 Å². The van der Waals surface area contributed by atoms with Gasteiger partial charge in [0.2, 0.25) is 0 Å². The van der Waals surface area contributed by atoms with Crippen molar-refractivity contribution in [2.45, 2.75) is 25.9 Å². The van der Waals surface area contributed by atoms with Crippen LogP contribution in [0.1, 0.15) is 13.8 Å². The highest BCUT2D eigenvalue weighted by molar-refractivity contribution is 5.50. The third-order valence-corrected chi connectivity index (χ3v) is 1.61. The summed E-state index contributed by atoms with van der Waals surface area (Å²) in [7, 11) is 0. The minimum atomic E-state index is 0.204. The number of hydrogen-bond donors (Lipinski definition) is 2. The normalized spacial score (nSPS) is 36.5. The lowest BCUT2D eigenvalue weighted by Gasteiger charge is -2.01. The lowest BCUT2D eigenvalue weighted by Crippen LogP contribution is -2.29. The van der Waals surface area contributed by atoms with Gasteiger partial charge in [-0.1, -0.05) is 4.74 Å². The molecule has 1 heterocycles. The predicted octanol–water partition coefficient (Wildman–Crippen LogP) is -0.203. The van der Waals surface area contributed by atoms with Crippen LogP contribution in [0.15, 0.2) is 0 Å². The summed E-state index contributed by atoms with van der Waals surface area (Å²) in [6.07, 6.45) is 1.58. The van der Waals surface area contributed by atoms with Gasteiger partial charge in [-0.25, -0.2) is 0 Å². The molecule has 1 aliphatic rings. The SMILES string of the molecule is CC1NC=[N+](O)C1C. The molecule has 0 amide bonds. The Hall–Kier alpha value is -0.730. The Balaban J connectivity index is 2.59. The number of hydrogen-bond acceptors (Lipinski definition) is 2. The second kappa shape index (κ2) is 1.65. The van der Waals surface area contributed by atoms with E-state index in [4.69, 9.17) is 5.21 Å². The van der Waals surface area contributed by atoms with Crippen LogP contribution in [0.3, 0.4) is 0 Å². The van der Waals surface area contributed by atoms with Gasteiger partial charge in [-0.05, 0) is 13.8 Å². The average Bonchev–Trinajstić information content (AvgIpc) is 1.98. The van der Waals surface area contributed by atoms with Crippen molar-refractivity contribution < 1.29 is 9.95 Å². The van der Waals surface area contributed by atoms with Gasteiger partial charge in [-0.2, -0.15) is 0 Å². The van der Waals surface area contributed by atoms with Crippen LogP contribution >= 0.6 is 0 Å². The van der Waals surface area contributed by atoms with Gasteiger partial charge in [-0.15, -0.1) is 0 Å². The van der Waals surface area contributed by atoms with E-state index in [9.17, 15) is 0 Å². The molecule has 0 aromatic heterocycles. The Morgan fingerprint density at radius 3 is 2.38 bits per heavy atom. The van der Waals surface area contributed by atoms with Gasteiger partial charge < -0.3 is 5.21 Å². The lowest BCUT2D eigenvalue weighted by atomic mass is 10.2. The molecule has 2 atom stereocenters. The Bertz CT molecular complexity index is 122.